The summed E-state index contributed by atoms with van der Waals surface area (Å²) in [4.78, 5) is 25.1. The number of para-hydroxylation sites is 2. The smallest absolute Gasteiger partial charge is 0.338 e. The molecule has 1 heterocycles. The molecule has 0 radical (unpaired) electrons. The standard InChI is InChI=1S/C24H22N2O6S/c1-2-31-24(28)17-9-8-10-18(15-17)25-23(27)22-16-26(20-13-6-7-14-21(20)32-22)33(29,30)19-11-4-3-5-12-19/h3-15,22H,2,16H2,1H3,(H,25,27)/t22-/m0/s1. The van der Waals surface area contributed by atoms with Crippen molar-refractivity contribution in [3.8, 4) is 5.75 Å². The number of nitrogens with zero attached hydrogens (tertiary/aromatic N) is 1. The molecule has 0 fully saturated rings. The highest BCUT2D eigenvalue weighted by atomic mass is 32.2. The number of nitrogens with one attached hydrogen (secondary N) is 1. The first kappa shape index (κ1) is 22.3. The first-order valence-electron chi connectivity index (χ1n) is 10.3. The molecule has 3 aromatic rings. The number of anilines is 2. The third-order valence-corrected chi connectivity index (χ3v) is 6.79. The van der Waals surface area contributed by atoms with E-state index in [1.165, 1.54) is 22.5 Å². The van der Waals surface area contributed by atoms with Gasteiger partial charge in [0.2, 0.25) is 0 Å². The highest BCUT2D eigenvalue weighted by Crippen LogP contribution is 2.37. The summed E-state index contributed by atoms with van der Waals surface area (Å²) in [6.45, 7) is 1.73. The number of carbonyl (C=O) groups excluding carboxylic acids is 2. The van der Waals surface area contributed by atoms with Gasteiger partial charge in [-0.1, -0.05) is 36.4 Å². The summed E-state index contributed by atoms with van der Waals surface area (Å²) in [6, 6.07) is 21.0. The molecule has 4 rings (SSSR count). The third-order valence-electron chi connectivity index (χ3n) is 5.00. The van der Waals surface area contributed by atoms with Crippen LogP contribution in [0.3, 0.4) is 0 Å². The van der Waals surface area contributed by atoms with E-state index in [9.17, 15) is 18.0 Å². The van der Waals surface area contributed by atoms with Gasteiger partial charge in [0.15, 0.2) is 6.10 Å². The summed E-state index contributed by atoms with van der Waals surface area (Å²) in [6.07, 6.45) is -1.11. The van der Waals surface area contributed by atoms with Crippen LogP contribution in [-0.4, -0.2) is 39.5 Å². The molecule has 1 N–H and O–H groups in total. The van der Waals surface area contributed by atoms with Gasteiger partial charge in [-0.05, 0) is 49.4 Å². The zero-order chi connectivity index (χ0) is 23.4. The van der Waals surface area contributed by atoms with E-state index in [0.717, 1.165) is 0 Å². The lowest BCUT2D eigenvalue weighted by atomic mass is 10.2. The number of amides is 1. The summed E-state index contributed by atoms with van der Waals surface area (Å²) in [5.41, 5.74) is 1.01. The van der Waals surface area contributed by atoms with E-state index in [0.29, 0.717) is 11.4 Å². The Kier molecular flexibility index (Phi) is 6.32. The summed E-state index contributed by atoms with van der Waals surface area (Å²) in [5.74, 6) is -0.765. The SMILES string of the molecule is CCOC(=O)c1cccc(NC(=O)[C@@H]2CN(S(=O)(=O)c3ccccc3)c3ccccc3O2)c1. The Morgan fingerprint density at radius 1 is 1.03 bits per heavy atom. The van der Waals surface area contributed by atoms with E-state index in [1.54, 1.807) is 67.6 Å². The molecule has 170 valence electrons. The van der Waals surface area contributed by atoms with Crippen molar-refractivity contribution in [2.24, 2.45) is 0 Å². The van der Waals surface area contributed by atoms with Crippen molar-refractivity contribution in [3.63, 3.8) is 0 Å². The molecule has 0 bridgehead atoms. The molecule has 33 heavy (non-hydrogen) atoms. The van der Waals surface area contributed by atoms with Gasteiger partial charge in [-0.25, -0.2) is 13.2 Å². The van der Waals surface area contributed by atoms with Crippen LogP contribution in [0.5, 0.6) is 5.75 Å². The first-order valence-corrected chi connectivity index (χ1v) is 11.8. The Morgan fingerprint density at radius 3 is 2.52 bits per heavy atom. The monoisotopic (exact) mass is 466 g/mol. The second-order valence-electron chi connectivity index (χ2n) is 7.21. The van der Waals surface area contributed by atoms with Crippen LogP contribution in [0.2, 0.25) is 0 Å². The molecule has 0 saturated heterocycles. The Labute approximate surface area is 191 Å². The molecular weight excluding hydrogens is 444 g/mol. The predicted octanol–water partition coefficient (Wildman–Crippen LogP) is 3.46. The van der Waals surface area contributed by atoms with Gasteiger partial charge in [-0.2, -0.15) is 0 Å². The molecule has 0 spiro atoms. The predicted molar refractivity (Wildman–Crippen MR) is 123 cm³/mol. The van der Waals surface area contributed by atoms with Crippen LogP contribution in [0.15, 0.2) is 83.8 Å². The minimum absolute atomic E-state index is 0.114. The molecule has 0 unspecified atom stereocenters. The zero-order valence-electron chi connectivity index (χ0n) is 17.8. The van der Waals surface area contributed by atoms with Gasteiger partial charge in [0.05, 0.1) is 29.3 Å². The van der Waals surface area contributed by atoms with Crippen molar-refractivity contribution in [1.29, 1.82) is 0 Å². The summed E-state index contributed by atoms with van der Waals surface area (Å²) >= 11 is 0. The average molecular weight is 467 g/mol. The number of ether oxygens (including phenoxy) is 2. The second-order valence-corrected chi connectivity index (χ2v) is 9.08. The average Bonchev–Trinajstić information content (AvgIpc) is 2.84. The van der Waals surface area contributed by atoms with Crippen molar-refractivity contribution in [3.05, 3.63) is 84.4 Å². The molecule has 1 atom stereocenters. The van der Waals surface area contributed by atoms with E-state index in [4.69, 9.17) is 9.47 Å². The number of hydrogen-bond acceptors (Lipinski definition) is 6. The summed E-state index contributed by atoms with van der Waals surface area (Å²) in [5, 5.41) is 2.70. The maximum absolute atomic E-state index is 13.3. The Bertz CT molecular complexity index is 1280. The molecule has 0 saturated carbocycles. The molecule has 8 nitrogen and oxygen atoms in total. The number of sulfonamides is 1. The van der Waals surface area contributed by atoms with Gasteiger partial charge in [0.1, 0.15) is 5.75 Å². The van der Waals surface area contributed by atoms with E-state index in [-0.39, 0.29) is 29.4 Å². The number of hydrogen-bond donors (Lipinski definition) is 1. The first-order chi connectivity index (χ1) is 15.9. The molecule has 0 aromatic heterocycles. The van der Waals surface area contributed by atoms with Crippen LogP contribution in [0.4, 0.5) is 11.4 Å². The summed E-state index contributed by atoms with van der Waals surface area (Å²) < 4.78 is 38.7. The third kappa shape index (κ3) is 4.68. The van der Waals surface area contributed by atoms with E-state index in [2.05, 4.69) is 5.32 Å². The number of benzene rings is 3. The van der Waals surface area contributed by atoms with Crippen LogP contribution >= 0.6 is 0 Å². The molecule has 1 aliphatic rings. The maximum atomic E-state index is 13.3. The van der Waals surface area contributed by atoms with E-state index >= 15 is 0 Å². The zero-order valence-corrected chi connectivity index (χ0v) is 18.6. The van der Waals surface area contributed by atoms with Gasteiger partial charge in [-0.3, -0.25) is 9.10 Å². The van der Waals surface area contributed by atoms with Crippen molar-refractivity contribution >= 4 is 33.3 Å². The van der Waals surface area contributed by atoms with Crippen molar-refractivity contribution in [1.82, 2.24) is 0 Å². The van der Waals surface area contributed by atoms with Crippen LogP contribution in [0, 0.1) is 0 Å². The number of fused-ring (bicyclic) bond motifs is 1. The lowest BCUT2D eigenvalue weighted by Crippen LogP contribution is -2.48. The second kappa shape index (κ2) is 9.33. The topological polar surface area (TPSA) is 102 Å². The highest BCUT2D eigenvalue weighted by Gasteiger charge is 2.37. The fraction of sp³-hybridized carbons (Fsp3) is 0.167. The van der Waals surface area contributed by atoms with E-state index < -0.39 is 28.0 Å². The largest absolute Gasteiger partial charge is 0.476 e. The molecule has 3 aromatic carbocycles. The van der Waals surface area contributed by atoms with Gasteiger partial charge >= 0.3 is 5.97 Å². The van der Waals surface area contributed by atoms with Crippen LogP contribution in [-0.2, 0) is 19.6 Å². The molecule has 1 amide bonds. The fourth-order valence-corrected chi connectivity index (χ4v) is 4.94. The lowest BCUT2D eigenvalue weighted by Gasteiger charge is -2.34. The van der Waals surface area contributed by atoms with Gasteiger partial charge in [0, 0.05) is 5.69 Å². The highest BCUT2D eigenvalue weighted by molar-refractivity contribution is 7.92. The van der Waals surface area contributed by atoms with Crippen LogP contribution in [0.25, 0.3) is 0 Å². The van der Waals surface area contributed by atoms with Crippen molar-refractivity contribution < 1.29 is 27.5 Å². The Hall–Kier alpha value is -3.85. The van der Waals surface area contributed by atoms with Gasteiger partial charge < -0.3 is 14.8 Å². The Morgan fingerprint density at radius 2 is 1.76 bits per heavy atom. The van der Waals surface area contributed by atoms with Crippen molar-refractivity contribution in [2.45, 2.75) is 17.9 Å². The molecular formula is C24H22N2O6S. The number of rotatable bonds is 6. The minimum Gasteiger partial charge on any atom is -0.476 e. The lowest BCUT2D eigenvalue weighted by molar-refractivity contribution is -0.122. The number of esters is 1. The van der Waals surface area contributed by atoms with Gasteiger partial charge in [-0.15, -0.1) is 0 Å². The van der Waals surface area contributed by atoms with Gasteiger partial charge in [0.25, 0.3) is 15.9 Å². The normalized spacial score (nSPS) is 15.2. The van der Waals surface area contributed by atoms with Crippen LogP contribution < -0.4 is 14.4 Å². The number of carbonyl (C=O) groups is 2. The molecule has 0 aliphatic carbocycles. The fourth-order valence-electron chi connectivity index (χ4n) is 3.45. The quantitative estimate of drug-likeness (QED) is 0.559. The van der Waals surface area contributed by atoms with E-state index in [1.807, 2.05) is 0 Å². The van der Waals surface area contributed by atoms with Crippen LogP contribution in [0.1, 0.15) is 17.3 Å². The van der Waals surface area contributed by atoms with Crippen molar-refractivity contribution in [2.75, 3.05) is 22.8 Å². The molecule has 9 heteroatoms. The minimum atomic E-state index is -3.93. The summed E-state index contributed by atoms with van der Waals surface area (Å²) in [7, 11) is -3.93. The maximum Gasteiger partial charge on any atom is 0.338 e. The molecule has 1 aliphatic heterocycles. The Balaban J connectivity index is 1.60.